The number of nitrogens with zero attached hydrogens (tertiary/aromatic N) is 6. The number of carbonyl (C=O) groups excluding carboxylic acids is 1. The van der Waals surface area contributed by atoms with Gasteiger partial charge in [-0.2, -0.15) is 5.10 Å². The highest BCUT2D eigenvalue weighted by atomic mass is 16.3. The van der Waals surface area contributed by atoms with E-state index in [1.807, 2.05) is 18.2 Å². The standard InChI is InChI=1S/C24H26N6O2/c1-18-5-7-19(8-6-18)20-16-21(22-4-2-15-32-22)30(27-20)23(31)17-28-11-13-29(14-12-28)24-25-9-3-10-26-24/h2-10,15,21H,11-14,16-17H2,1H3. The second kappa shape index (κ2) is 8.92. The first-order valence-corrected chi connectivity index (χ1v) is 10.9. The summed E-state index contributed by atoms with van der Waals surface area (Å²) >= 11 is 0. The molecule has 1 fully saturated rings. The van der Waals surface area contributed by atoms with Crippen molar-refractivity contribution in [1.29, 1.82) is 0 Å². The van der Waals surface area contributed by atoms with Gasteiger partial charge in [0.1, 0.15) is 11.8 Å². The number of rotatable bonds is 5. The summed E-state index contributed by atoms with van der Waals surface area (Å²) in [7, 11) is 0. The molecule has 164 valence electrons. The number of aromatic nitrogens is 2. The van der Waals surface area contributed by atoms with Crippen molar-refractivity contribution in [2.75, 3.05) is 37.6 Å². The van der Waals surface area contributed by atoms with Gasteiger partial charge in [-0.25, -0.2) is 15.0 Å². The van der Waals surface area contributed by atoms with Gasteiger partial charge in [0.2, 0.25) is 5.95 Å². The van der Waals surface area contributed by atoms with E-state index in [0.717, 1.165) is 49.2 Å². The second-order valence-corrected chi connectivity index (χ2v) is 8.20. The molecule has 3 aromatic rings. The van der Waals surface area contributed by atoms with Gasteiger partial charge in [0.15, 0.2) is 0 Å². The predicted molar refractivity (Wildman–Crippen MR) is 121 cm³/mol. The van der Waals surface area contributed by atoms with Crippen molar-refractivity contribution < 1.29 is 9.21 Å². The zero-order valence-corrected chi connectivity index (χ0v) is 18.1. The van der Waals surface area contributed by atoms with Gasteiger partial charge in [-0.05, 0) is 30.7 Å². The molecule has 0 saturated carbocycles. The molecule has 32 heavy (non-hydrogen) atoms. The fourth-order valence-corrected chi connectivity index (χ4v) is 4.19. The van der Waals surface area contributed by atoms with E-state index in [1.54, 1.807) is 23.7 Å². The summed E-state index contributed by atoms with van der Waals surface area (Å²) in [5.41, 5.74) is 3.15. The first-order chi connectivity index (χ1) is 15.7. The second-order valence-electron chi connectivity index (χ2n) is 8.20. The zero-order chi connectivity index (χ0) is 21.9. The number of hydrazone groups is 1. The Morgan fingerprint density at radius 1 is 1.03 bits per heavy atom. The molecule has 0 radical (unpaired) electrons. The number of anilines is 1. The molecule has 8 nitrogen and oxygen atoms in total. The fourth-order valence-electron chi connectivity index (χ4n) is 4.19. The fraction of sp³-hybridized carbons (Fsp3) is 0.333. The van der Waals surface area contributed by atoms with Gasteiger partial charge in [0.05, 0.1) is 18.5 Å². The predicted octanol–water partition coefficient (Wildman–Crippen LogP) is 2.88. The van der Waals surface area contributed by atoms with Crippen LogP contribution in [-0.4, -0.2) is 64.2 Å². The third-order valence-electron chi connectivity index (χ3n) is 5.99. The lowest BCUT2D eigenvalue weighted by Crippen LogP contribution is -2.50. The lowest BCUT2D eigenvalue weighted by Gasteiger charge is -2.34. The summed E-state index contributed by atoms with van der Waals surface area (Å²) in [5, 5.41) is 6.35. The molecule has 0 N–H and O–H groups in total. The molecular weight excluding hydrogens is 404 g/mol. The number of furan rings is 1. The number of hydrogen-bond acceptors (Lipinski definition) is 7. The molecule has 1 unspecified atom stereocenters. The summed E-state index contributed by atoms with van der Waals surface area (Å²) < 4.78 is 5.65. The number of amides is 1. The monoisotopic (exact) mass is 430 g/mol. The van der Waals surface area contributed by atoms with Crippen molar-refractivity contribution in [3.8, 4) is 0 Å². The lowest BCUT2D eigenvalue weighted by atomic mass is 10.0. The molecule has 8 heteroatoms. The highest BCUT2D eigenvalue weighted by Crippen LogP contribution is 2.33. The average molecular weight is 431 g/mol. The summed E-state index contributed by atoms with van der Waals surface area (Å²) in [4.78, 5) is 26.3. The van der Waals surface area contributed by atoms with Gasteiger partial charge in [-0.1, -0.05) is 29.8 Å². The molecular formula is C24H26N6O2. The van der Waals surface area contributed by atoms with Crippen LogP contribution in [0.3, 0.4) is 0 Å². The maximum absolute atomic E-state index is 13.3. The Balaban J connectivity index is 1.28. The van der Waals surface area contributed by atoms with Crippen molar-refractivity contribution >= 4 is 17.6 Å². The van der Waals surface area contributed by atoms with E-state index in [-0.39, 0.29) is 11.9 Å². The number of benzene rings is 1. The Bertz CT molecular complexity index is 1070. The number of piperazine rings is 1. The Labute approximate surface area is 187 Å². The molecule has 0 aliphatic carbocycles. The highest BCUT2D eigenvalue weighted by molar-refractivity contribution is 6.03. The molecule has 0 spiro atoms. The number of hydrogen-bond donors (Lipinski definition) is 0. The van der Waals surface area contributed by atoms with Gasteiger partial charge < -0.3 is 9.32 Å². The maximum Gasteiger partial charge on any atom is 0.257 e. The van der Waals surface area contributed by atoms with Crippen LogP contribution >= 0.6 is 0 Å². The van der Waals surface area contributed by atoms with Crippen LogP contribution in [0.1, 0.15) is 29.3 Å². The third-order valence-corrected chi connectivity index (χ3v) is 5.99. The van der Waals surface area contributed by atoms with Crippen LogP contribution in [0.25, 0.3) is 0 Å². The molecule has 1 amide bonds. The zero-order valence-electron chi connectivity index (χ0n) is 18.1. The van der Waals surface area contributed by atoms with E-state index >= 15 is 0 Å². The number of aryl methyl sites for hydroxylation is 1. The number of carbonyl (C=O) groups is 1. The van der Waals surface area contributed by atoms with Gasteiger partial charge in [-0.15, -0.1) is 0 Å². The summed E-state index contributed by atoms with van der Waals surface area (Å²) in [5.74, 6) is 1.48. The van der Waals surface area contributed by atoms with Crippen LogP contribution in [0.4, 0.5) is 5.95 Å². The molecule has 1 saturated heterocycles. The minimum Gasteiger partial charge on any atom is -0.467 e. The SMILES string of the molecule is Cc1ccc(C2=NN(C(=O)CN3CCN(c4ncccn4)CC3)C(c3ccco3)C2)cc1. The largest absolute Gasteiger partial charge is 0.467 e. The van der Waals surface area contributed by atoms with E-state index < -0.39 is 0 Å². The van der Waals surface area contributed by atoms with Gasteiger partial charge in [-0.3, -0.25) is 9.69 Å². The first kappa shape index (κ1) is 20.4. The molecule has 0 bridgehead atoms. The maximum atomic E-state index is 13.3. The van der Waals surface area contributed by atoms with E-state index in [4.69, 9.17) is 9.52 Å². The minimum absolute atomic E-state index is 0.0158. The van der Waals surface area contributed by atoms with E-state index in [9.17, 15) is 4.79 Å². The topological polar surface area (TPSA) is 78.1 Å². The molecule has 2 aromatic heterocycles. The van der Waals surface area contributed by atoms with E-state index in [0.29, 0.717) is 13.0 Å². The van der Waals surface area contributed by atoms with Crippen LogP contribution in [0, 0.1) is 6.92 Å². The molecule has 2 aliphatic rings. The third kappa shape index (κ3) is 4.27. The smallest absolute Gasteiger partial charge is 0.257 e. The van der Waals surface area contributed by atoms with E-state index in [2.05, 4.69) is 51.0 Å². The van der Waals surface area contributed by atoms with Crippen LogP contribution in [0.5, 0.6) is 0 Å². The summed E-state index contributed by atoms with van der Waals surface area (Å²) in [6.45, 7) is 5.51. The Morgan fingerprint density at radius 2 is 1.78 bits per heavy atom. The van der Waals surface area contributed by atoms with Crippen molar-refractivity contribution in [3.05, 3.63) is 78.0 Å². The quantitative estimate of drug-likeness (QED) is 0.619. The molecule has 1 atom stereocenters. The van der Waals surface area contributed by atoms with Crippen molar-refractivity contribution in [1.82, 2.24) is 19.9 Å². The molecule has 2 aliphatic heterocycles. The molecule has 1 aromatic carbocycles. The van der Waals surface area contributed by atoms with Crippen LogP contribution in [-0.2, 0) is 4.79 Å². The van der Waals surface area contributed by atoms with Gasteiger partial charge >= 0.3 is 0 Å². The Kier molecular flexibility index (Phi) is 5.68. The van der Waals surface area contributed by atoms with E-state index in [1.165, 1.54) is 5.56 Å². The first-order valence-electron chi connectivity index (χ1n) is 10.9. The molecule has 5 rings (SSSR count). The van der Waals surface area contributed by atoms with Gasteiger partial charge in [0.25, 0.3) is 5.91 Å². The summed E-state index contributed by atoms with van der Waals surface area (Å²) in [6.07, 6.45) is 5.79. The van der Waals surface area contributed by atoms with Crippen LogP contribution < -0.4 is 4.90 Å². The van der Waals surface area contributed by atoms with Crippen molar-refractivity contribution in [2.24, 2.45) is 5.10 Å². The Morgan fingerprint density at radius 3 is 2.47 bits per heavy atom. The average Bonchev–Trinajstić information content (AvgIpc) is 3.51. The minimum atomic E-state index is -0.215. The summed E-state index contributed by atoms with van der Waals surface area (Å²) in [6, 6.07) is 13.6. The van der Waals surface area contributed by atoms with Crippen molar-refractivity contribution in [3.63, 3.8) is 0 Å². The van der Waals surface area contributed by atoms with Gasteiger partial charge in [0, 0.05) is 45.0 Å². The van der Waals surface area contributed by atoms with Crippen molar-refractivity contribution in [2.45, 2.75) is 19.4 Å². The van der Waals surface area contributed by atoms with Crippen LogP contribution in [0.15, 0.2) is 70.6 Å². The lowest BCUT2D eigenvalue weighted by molar-refractivity contribution is -0.134. The normalized spacial score (nSPS) is 19.3. The highest BCUT2D eigenvalue weighted by Gasteiger charge is 2.35. The van der Waals surface area contributed by atoms with Crippen LogP contribution in [0.2, 0.25) is 0 Å². The Hall–Kier alpha value is -3.52. The molecule has 4 heterocycles.